The maximum Gasteiger partial charge on any atom is 0.337 e. The molecule has 0 bridgehead atoms. The second-order valence-corrected chi connectivity index (χ2v) is 10.4. The molecule has 1 amide bonds. The quantitative estimate of drug-likeness (QED) is 0.259. The lowest BCUT2D eigenvalue weighted by Gasteiger charge is -2.18. The van der Waals surface area contributed by atoms with Gasteiger partial charge >= 0.3 is 5.97 Å². The van der Waals surface area contributed by atoms with Gasteiger partial charge in [0.2, 0.25) is 0 Å². The fourth-order valence-corrected chi connectivity index (χ4v) is 6.93. The third-order valence-electron chi connectivity index (χ3n) is 6.32. The summed E-state index contributed by atoms with van der Waals surface area (Å²) in [5.41, 5.74) is 1.21. The van der Waals surface area contributed by atoms with Crippen molar-refractivity contribution in [2.24, 2.45) is 0 Å². The summed E-state index contributed by atoms with van der Waals surface area (Å²) in [6.07, 6.45) is 0. The Labute approximate surface area is 217 Å². The van der Waals surface area contributed by atoms with Crippen LogP contribution in [-0.2, 0) is 0 Å². The first-order valence-electron chi connectivity index (χ1n) is 11.9. The second kappa shape index (κ2) is 10.1. The minimum atomic E-state index is -0.864. The van der Waals surface area contributed by atoms with Crippen molar-refractivity contribution in [1.82, 2.24) is 4.90 Å². The van der Waals surface area contributed by atoms with Crippen molar-refractivity contribution in [1.29, 1.82) is 0 Å². The Morgan fingerprint density at radius 3 is 1.58 bits per heavy atom. The SMILES string of the molecule is CCN(CC)C(=O)c1cccc2c1sc1ccccc12.O=C(O)c1cccc2c1sc1ccccc12. The molecule has 4 aromatic carbocycles. The Morgan fingerprint density at radius 2 is 1.08 bits per heavy atom. The molecule has 0 saturated heterocycles. The van der Waals surface area contributed by atoms with Crippen LogP contribution in [-0.4, -0.2) is 35.0 Å². The van der Waals surface area contributed by atoms with Gasteiger partial charge in [0.25, 0.3) is 5.91 Å². The number of carbonyl (C=O) groups is 2. The predicted octanol–water partition coefficient (Wildman–Crippen LogP) is 8.29. The monoisotopic (exact) mass is 511 g/mol. The van der Waals surface area contributed by atoms with Crippen molar-refractivity contribution < 1.29 is 14.7 Å². The first-order valence-corrected chi connectivity index (χ1v) is 13.5. The van der Waals surface area contributed by atoms with Gasteiger partial charge in [0.1, 0.15) is 0 Å². The predicted molar refractivity (Wildman–Crippen MR) is 153 cm³/mol. The van der Waals surface area contributed by atoms with Crippen LogP contribution in [0, 0.1) is 0 Å². The highest BCUT2D eigenvalue weighted by Crippen LogP contribution is 2.37. The molecular weight excluding hydrogens is 486 g/mol. The number of benzene rings is 4. The van der Waals surface area contributed by atoms with Gasteiger partial charge in [-0.2, -0.15) is 0 Å². The first-order chi connectivity index (χ1) is 17.5. The van der Waals surface area contributed by atoms with Gasteiger partial charge in [0, 0.05) is 48.7 Å². The molecule has 4 nitrogen and oxygen atoms in total. The molecule has 1 N–H and O–H groups in total. The van der Waals surface area contributed by atoms with Gasteiger partial charge in [-0.05, 0) is 38.1 Å². The lowest BCUT2D eigenvalue weighted by Crippen LogP contribution is -2.30. The van der Waals surface area contributed by atoms with Gasteiger partial charge in [-0.3, -0.25) is 4.79 Å². The fourth-order valence-electron chi connectivity index (χ4n) is 4.51. The molecule has 0 aliphatic carbocycles. The lowest BCUT2D eigenvalue weighted by atomic mass is 10.1. The molecule has 2 heterocycles. The maximum atomic E-state index is 12.6. The summed E-state index contributed by atoms with van der Waals surface area (Å²) in [7, 11) is 0. The maximum absolute atomic E-state index is 12.6. The van der Waals surface area contributed by atoms with Crippen molar-refractivity contribution in [3.8, 4) is 0 Å². The van der Waals surface area contributed by atoms with E-state index >= 15 is 0 Å². The van der Waals surface area contributed by atoms with Crippen LogP contribution in [0.5, 0.6) is 0 Å². The molecule has 6 rings (SSSR count). The number of carboxylic acids is 1. The molecule has 0 fully saturated rings. The number of carbonyl (C=O) groups excluding carboxylic acids is 1. The van der Waals surface area contributed by atoms with E-state index in [-0.39, 0.29) is 5.91 Å². The zero-order chi connectivity index (χ0) is 25.2. The average Bonchev–Trinajstić information content (AvgIpc) is 3.48. The van der Waals surface area contributed by atoms with Crippen LogP contribution < -0.4 is 0 Å². The molecule has 0 unspecified atom stereocenters. The fraction of sp³-hybridized carbons (Fsp3) is 0.133. The van der Waals surface area contributed by atoms with Gasteiger partial charge in [0.15, 0.2) is 0 Å². The van der Waals surface area contributed by atoms with E-state index in [4.69, 9.17) is 5.11 Å². The van der Waals surface area contributed by atoms with Crippen LogP contribution in [0.4, 0.5) is 0 Å². The van der Waals surface area contributed by atoms with Gasteiger partial charge < -0.3 is 10.0 Å². The third kappa shape index (κ3) is 4.23. The minimum Gasteiger partial charge on any atom is -0.478 e. The molecule has 6 aromatic rings. The smallest absolute Gasteiger partial charge is 0.337 e. The molecule has 6 heteroatoms. The lowest BCUT2D eigenvalue weighted by molar-refractivity contribution is 0.0698. The van der Waals surface area contributed by atoms with Crippen LogP contribution >= 0.6 is 22.7 Å². The summed E-state index contributed by atoms with van der Waals surface area (Å²) >= 11 is 3.24. The summed E-state index contributed by atoms with van der Waals surface area (Å²) in [5.74, 6) is -0.732. The Hall–Kier alpha value is -3.74. The summed E-state index contributed by atoms with van der Waals surface area (Å²) in [6.45, 7) is 5.53. The number of amides is 1. The van der Waals surface area contributed by atoms with Crippen molar-refractivity contribution in [3.05, 3.63) is 96.1 Å². The number of carboxylic acid groups (broad SMARTS) is 1. The summed E-state index contributed by atoms with van der Waals surface area (Å²) in [4.78, 5) is 25.6. The number of rotatable bonds is 4. The van der Waals surface area contributed by atoms with E-state index in [0.717, 1.165) is 43.5 Å². The van der Waals surface area contributed by atoms with Crippen molar-refractivity contribution in [3.63, 3.8) is 0 Å². The molecule has 0 radical (unpaired) electrons. The summed E-state index contributed by atoms with van der Waals surface area (Å²) < 4.78 is 4.33. The van der Waals surface area contributed by atoms with E-state index in [2.05, 4.69) is 18.2 Å². The standard InChI is InChI=1S/C17H17NOS.C13H8O2S/c1-3-18(4-2)17(19)14-10-7-9-13-12-8-5-6-11-15(12)20-16(13)14;14-13(15)10-6-3-5-9-8-4-1-2-7-11(8)16-12(9)10/h5-11H,3-4H2,1-2H3;1-7H,(H,14,15). The van der Waals surface area contributed by atoms with Crippen LogP contribution in [0.1, 0.15) is 34.6 Å². The third-order valence-corrected chi connectivity index (χ3v) is 8.76. The number of aromatic carboxylic acids is 1. The van der Waals surface area contributed by atoms with Gasteiger partial charge in [-0.25, -0.2) is 4.79 Å². The molecule has 36 heavy (non-hydrogen) atoms. The first kappa shape index (κ1) is 24.0. The molecule has 2 aromatic heterocycles. The van der Waals surface area contributed by atoms with Crippen LogP contribution in [0.3, 0.4) is 0 Å². The van der Waals surface area contributed by atoms with E-state index in [9.17, 15) is 9.59 Å². The number of hydrogen-bond donors (Lipinski definition) is 1. The normalized spacial score (nSPS) is 11.1. The molecule has 0 saturated carbocycles. The van der Waals surface area contributed by atoms with E-state index in [1.165, 1.54) is 26.8 Å². The van der Waals surface area contributed by atoms with E-state index in [1.807, 2.05) is 73.3 Å². The largest absolute Gasteiger partial charge is 0.478 e. The Balaban J connectivity index is 0.000000152. The zero-order valence-corrected chi connectivity index (χ0v) is 21.7. The molecular formula is C30H25NO3S2. The van der Waals surface area contributed by atoms with Crippen LogP contribution in [0.2, 0.25) is 0 Å². The molecule has 0 aliphatic heterocycles. The highest BCUT2D eigenvalue weighted by Gasteiger charge is 2.17. The van der Waals surface area contributed by atoms with E-state index in [0.29, 0.717) is 5.56 Å². The number of thiophene rings is 2. The van der Waals surface area contributed by atoms with Crippen LogP contribution in [0.25, 0.3) is 40.3 Å². The second-order valence-electron chi connectivity index (χ2n) is 8.34. The number of hydrogen-bond acceptors (Lipinski definition) is 4. The molecule has 0 atom stereocenters. The summed E-state index contributed by atoms with van der Waals surface area (Å²) in [6, 6.07) is 27.8. The Bertz CT molecular complexity index is 1730. The van der Waals surface area contributed by atoms with Crippen molar-refractivity contribution in [2.45, 2.75) is 13.8 Å². The van der Waals surface area contributed by atoms with E-state index in [1.54, 1.807) is 23.5 Å². The molecule has 180 valence electrons. The highest BCUT2D eigenvalue weighted by atomic mass is 32.1. The molecule has 0 aliphatic rings. The number of nitrogens with zero attached hydrogens (tertiary/aromatic N) is 1. The Kier molecular flexibility index (Phi) is 6.72. The molecule has 0 spiro atoms. The Morgan fingerprint density at radius 1 is 0.639 bits per heavy atom. The highest BCUT2D eigenvalue weighted by molar-refractivity contribution is 7.26. The number of fused-ring (bicyclic) bond motifs is 6. The topological polar surface area (TPSA) is 57.6 Å². The average molecular weight is 512 g/mol. The van der Waals surface area contributed by atoms with Crippen molar-refractivity contribution >= 4 is 74.9 Å². The van der Waals surface area contributed by atoms with Crippen molar-refractivity contribution in [2.75, 3.05) is 13.1 Å². The van der Waals surface area contributed by atoms with Gasteiger partial charge in [-0.15, -0.1) is 22.7 Å². The zero-order valence-electron chi connectivity index (χ0n) is 20.0. The van der Waals surface area contributed by atoms with E-state index < -0.39 is 5.97 Å². The van der Waals surface area contributed by atoms with Gasteiger partial charge in [0.05, 0.1) is 15.8 Å². The van der Waals surface area contributed by atoms with Crippen LogP contribution in [0.15, 0.2) is 84.9 Å². The van der Waals surface area contributed by atoms with Gasteiger partial charge in [-0.1, -0.05) is 60.7 Å². The minimum absolute atomic E-state index is 0.132. The summed E-state index contributed by atoms with van der Waals surface area (Å²) in [5, 5.41) is 13.7.